The molecule has 0 atom stereocenters. The maximum Gasteiger partial charge on any atom is 0.128 e. The Bertz CT molecular complexity index is 558. The zero-order chi connectivity index (χ0) is 13.7. The molecule has 0 aliphatic heterocycles. The summed E-state index contributed by atoms with van der Waals surface area (Å²) in [4.78, 5) is 4.04. The van der Waals surface area contributed by atoms with Crippen molar-refractivity contribution in [2.24, 2.45) is 0 Å². The van der Waals surface area contributed by atoms with Crippen LogP contribution in [0.3, 0.4) is 0 Å². The molecule has 0 bridgehead atoms. The van der Waals surface area contributed by atoms with E-state index >= 15 is 0 Å². The maximum atomic E-state index is 13.5. The van der Waals surface area contributed by atoms with E-state index in [0.29, 0.717) is 12.1 Å². The Morgan fingerprint density at radius 2 is 2.16 bits per heavy atom. The molecule has 0 aliphatic rings. The van der Waals surface area contributed by atoms with Gasteiger partial charge >= 0.3 is 0 Å². The average molecular weight is 260 g/mol. The Hall–Kier alpha value is -1.94. The Labute approximate surface area is 112 Å². The van der Waals surface area contributed by atoms with Crippen molar-refractivity contribution in [1.82, 2.24) is 4.98 Å². The number of benzene rings is 1. The fourth-order valence-electron chi connectivity index (χ4n) is 1.87. The molecular weight excluding hydrogens is 243 g/mol. The SMILES string of the molecule is COCc1cc(CNc2ccncc2C)ccc1F. The largest absolute Gasteiger partial charge is 0.381 e. The highest BCUT2D eigenvalue weighted by molar-refractivity contribution is 5.49. The number of pyridine rings is 1. The molecule has 0 aliphatic carbocycles. The molecule has 1 heterocycles. The minimum atomic E-state index is -0.231. The Kier molecular flexibility index (Phi) is 4.47. The second-order valence-electron chi connectivity index (χ2n) is 4.40. The first-order valence-corrected chi connectivity index (χ1v) is 6.11. The molecule has 1 aromatic carbocycles. The molecule has 2 aromatic rings. The minimum absolute atomic E-state index is 0.231. The summed E-state index contributed by atoms with van der Waals surface area (Å²) in [6.45, 7) is 2.92. The van der Waals surface area contributed by atoms with Crippen molar-refractivity contribution in [2.75, 3.05) is 12.4 Å². The lowest BCUT2D eigenvalue weighted by Crippen LogP contribution is -2.03. The Morgan fingerprint density at radius 1 is 1.32 bits per heavy atom. The van der Waals surface area contributed by atoms with Gasteiger partial charge in [-0.1, -0.05) is 6.07 Å². The highest BCUT2D eigenvalue weighted by Gasteiger charge is 2.04. The van der Waals surface area contributed by atoms with Crippen molar-refractivity contribution in [3.63, 3.8) is 0 Å². The van der Waals surface area contributed by atoms with Crippen LogP contribution in [0.4, 0.5) is 10.1 Å². The molecule has 0 saturated carbocycles. The van der Waals surface area contributed by atoms with E-state index in [9.17, 15) is 4.39 Å². The van der Waals surface area contributed by atoms with Crippen LogP contribution in [0.1, 0.15) is 16.7 Å². The summed E-state index contributed by atoms with van der Waals surface area (Å²) < 4.78 is 18.5. The third-order valence-corrected chi connectivity index (χ3v) is 2.91. The number of nitrogens with zero attached hydrogens (tertiary/aromatic N) is 1. The summed E-state index contributed by atoms with van der Waals surface area (Å²) >= 11 is 0. The topological polar surface area (TPSA) is 34.1 Å². The van der Waals surface area contributed by atoms with Crippen LogP contribution in [0.5, 0.6) is 0 Å². The van der Waals surface area contributed by atoms with Gasteiger partial charge in [0, 0.05) is 37.3 Å². The van der Waals surface area contributed by atoms with Gasteiger partial charge in [0.15, 0.2) is 0 Å². The third kappa shape index (κ3) is 3.51. The van der Waals surface area contributed by atoms with Crippen molar-refractivity contribution in [1.29, 1.82) is 0 Å². The van der Waals surface area contributed by atoms with Crippen LogP contribution in [0, 0.1) is 12.7 Å². The summed E-state index contributed by atoms with van der Waals surface area (Å²) in [7, 11) is 1.56. The van der Waals surface area contributed by atoms with E-state index in [-0.39, 0.29) is 12.4 Å². The van der Waals surface area contributed by atoms with Crippen molar-refractivity contribution in [3.05, 3.63) is 59.2 Å². The van der Waals surface area contributed by atoms with Crippen LogP contribution in [0.15, 0.2) is 36.7 Å². The normalized spacial score (nSPS) is 10.5. The van der Waals surface area contributed by atoms with Gasteiger partial charge in [-0.2, -0.15) is 0 Å². The van der Waals surface area contributed by atoms with Crippen molar-refractivity contribution < 1.29 is 9.13 Å². The standard InChI is InChI=1S/C15H17FN2O/c1-11-8-17-6-5-15(11)18-9-12-3-4-14(16)13(7-12)10-19-2/h3-8H,9-10H2,1-2H3,(H,17,18). The number of rotatable bonds is 5. The second kappa shape index (κ2) is 6.29. The van der Waals surface area contributed by atoms with E-state index in [4.69, 9.17) is 4.74 Å². The summed E-state index contributed by atoms with van der Waals surface area (Å²) in [5.74, 6) is -0.231. The average Bonchev–Trinajstić information content (AvgIpc) is 2.41. The highest BCUT2D eigenvalue weighted by Crippen LogP contribution is 2.16. The van der Waals surface area contributed by atoms with Gasteiger partial charge in [-0.15, -0.1) is 0 Å². The van der Waals surface area contributed by atoms with Gasteiger partial charge in [-0.05, 0) is 36.2 Å². The van der Waals surface area contributed by atoms with Gasteiger partial charge in [0.25, 0.3) is 0 Å². The van der Waals surface area contributed by atoms with Crippen LogP contribution in [0.2, 0.25) is 0 Å². The number of anilines is 1. The summed E-state index contributed by atoms with van der Waals surface area (Å²) in [5.41, 5.74) is 3.72. The van der Waals surface area contributed by atoms with Crippen molar-refractivity contribution in [3.8, 4) is 0 Å². The van der Waals surface area contributed by atoms with E-state index < -0.39 is 0 Å². The lowest BCUT2D eigenvalue weighted by Gasteiger charge is -2.10. The maximum absolute atomic E-state index is 13.5. The minimum Gasteiger partial charge on any atom is -0.381 e. The number of halogens is 1. The number of nitrogens with one attached hydrogen (secondary N) is 1. The molecule has 0 saturated heterocycles. The molecule has 3 nitrogen and oxygen atoms in total. The van der Waals surface area contributed by atoms with Gasteiger partial charge in [0.1, 0.15) is 5.82 Å². The van der Waals surface area contributed by atoms with E-state index in [0.717, 1.165) is 16.8 Å². The van der Waals surface area contributed by atoms with Gasteiger partial charge in [-0.25, -0.2) is 4.39 Å². The van der Waals surface area contributed by atoms with E-state index in [1.165, 1.54) is 6.07 Å². The molecule has 0 amide bonds. The van der Waals surface area contributed by atoms with Crippen LogP contribution in [-0.2, 0) is 17.9 Å². The number of methoxy groups -OCH3 is 1. The molecule has 100 valence electrons. The monoisotopic (exact) mass is 260 g/mol. The van der Waals surface area contributed by atoms with Crippen molar-refractivity contribution >= 4 is 5.69 Å². The van der Waals surface area contributed by atoms with Gasteiger partial charge in [-0.3, -0.25) is 4.98 Å². The number of aryl methyl sites for hydroxylation is 1. The molecule has 0 radical (unpaired) electrons. The first-order valence-electron chi connectivity index (χ1n) is 6.11. The number of hydrogen-bond donors (Lipinski definition) is 1. The molecular formula is C15H17FN2O. The van der Waals surface area contributed by atoms with E-state index in [2.05, 4.69) is 10.3 Å². The molecule has 19 heavy (non-hydrogen) atoms. The molecule has 2 rings (SSSR count). The van der Waals surface area contributed by atoms with E-state index in [1.807, 2.05) is 25.3 Å². The first kappa shape index (κ1) is 13.5. The number of aromatic nitrogens is 1. The predicted octanol–water partition coefficient (Wildman–Crippen LogP) is 3.29. The first-order chi connectivity index (χ1) is 9.20. The second-order valence-corrected chi connectivity index (χ2v) is 4.40. The van der Waals surface area contributed by atoms with Crippen LogP contribution < -0.4 is 5.32 Å². The van der Waals surface area contributed by atoms with Crippen LogP contribution in [0.25, 0.3) is 0 Å². The third-order valence-electron chi connectivity index (χ3n) is 2.91. The molecule has 0 spiro atoms. The van der Waals surface area contributed by atoms with Crippen LogP contribution >= 0.6 is 0 Å². The van der Waals surface area contributed by atoms with Gasteiger partial charge < -0.3 is 10.1 Å². The lowest BCUT2D eigenvalue weighted by atomic mass is 10.1. The number of ether oxygens (including phenoxy) is 1. The molecule has 0 fully saturated rings. The molecule has 4 heteroatoms. The van der Waals surface area contributed by atoms with Gasteiger partial charge in [0.2, 0.25) is 0 Å². The van der Waals surface area contributed by atoms with Crippen molar-refractivity contribution in [2.45, 2.75) is 20.1 Å². The quantitative estimate of drug-likeness (QED) is 0.895. The molecule has 0 unspecified atom stereocenters. The summed E-state index contributed by atoms with van der Waals surface area (Å²) in [5, 5.41) is 3.31. The summed E-state index contributed by atoms with van der Waals surface area (Å²) in [6, 6.07) is 7.00. The summed E-state index contributed by atoms with van der Waals surface area (Å²) in [6.07, 6.45) is 3.56. The highest BCUT2D eigenvalue weighted by atomic mass is 19.1. The molecule has 1 N–H and O–H groups in total. The van der Waals surface area contributed by atoms with Gasteiger partial charge in [0.05, 0.1) is 6.61 Å². The van der Waals surface area contributed by atoms with Crippen LogP contribution in [-0.4, -0.2) is 12.1 Å². The predicted molar refractivity (Wildman–Crippen MR) is 73.4 cm³/mol. The van der Waals surface area contributed by atoms with E-state index in [1.54, 1.807) is 19.4 Å². The Balaban J connectivity index is 2.07. The Morgan fingerprint density at radius 3 is 2.89 bits per heavy atom. The fraction of sp³-hybridized carbons (Fsp3) is 0.267. The molecule has 1 aromatic heterocycles. The number of hydrogen-bond acceptors (Lipinski definition) is 3. The zero-order valence-corrected chi connectivity index (χ0v) is 11.1. The lowest BCUT2D eigenvalue weighted by molar-refractivity contribution is 0.181. The smallest absolute Gasteiger partial charge is 0.128 e. The fourth-order valence-corrected chi connectivity index (χ4v) is 1.87. The zero-order valence-electron chi connectivity index (χ0n) is 11.1.